The van der Waals surface area contributed by atoms with Crippen LogP contribution in [0.1, 0.15) is 31.2 Å². The van der Waals surface area contributed by atoms with Crippen LogP contribution in [0.4, 0.5) is 14.6 Å². The van der Waals surface area contributed by atoms with Gasteiger partial charge in [-0.25, -0.2) is 13.8 Å². The largest absolute Gasteiger partial charge is 0.355 e. The minimum Gasteiger partial charge on any atom is -0.355 e. The van der Waals surface area contributed by atoms with Crippen LogP contribution in [-0.2, 0) is 6.54 Å². The van der Waals surface area contributed by atoms with E-state index in [2.05, 4.69) is 19.8 Å². The molecule has 0 spiro atoms. The number of piperidine rings is 2. The van der Waals surface area contributed by atoms with Crippen molar-refractivity contribution in [3.05, 3.63) is 54.0 Å². The van der Waals surface area contributed by atoms with Gasteiger partial charge in [-0.05, 0) is 56.7 Å². The molecule has 0 unspecified atom stereocenters. The Morgan fingerprint density at radius 1 is 0.926 bits per heavy atom. The number of hydrogen-bond acceptors (Lipinski definition) is 4. The van der Waals surface area contributed by atoms with Crippen LogP contribution in [0.2, 0.25) is 0 Å². The van der Waals surface area contributed by atoms with E-state index in [1.54, 1.807) is 24.5 Å². The molecular weight excluding hydrogens is 346 g/mol. The van der Waals surface area contributed by atoms with Crippen LogP contribution >= 0.6 is 0 Å². The van der Waals surface area contributed by atoms with Crippen LogP contribution in [0.25, 0.3) is 0 Å². The molecule has 2 fully saturated rings. The number of hydrogen-bond donors (Lipinski definition) is 0. The van der Waals surface area contributed by atoms with Crippen molar-refractivity contribution >= 4 is 5.82 Å². The van der Waals surface area contributed by atoms with Crippen molar-refractivity contribution in [2.24, 2.45) is 11.8 Å². The summed E-state index contributed by atoms with van der Waals surface area (Å²) in [7, 11) is 0. The predicted molar refractivity (Wildman–Crippen MR) is 101 cm³/mol. The van der Waals surface area contributed by atoms with E-state index in [9.17, 15) is 8.78 Å². The summed E-state index contributed by atoms with van der Waals surface area (Å²) in [6.45, 7) is 4.51. The third-order valence-electron chi connectivity index (χ3n) is 6.14. The third kappa shape index (κ3) is 4.26. The van der Waals surface area contributed by atoms with E-state index in [1.807, 2.05) is 6.20 Å². The zero-order valence-electron chi connectivity index (χ0n) is 15.5. The van der Waals surface area contributed by atoms with Gasteiger partial charge in [-0.1, -0.05) is 12.1 Å². The molecule has 1 aromatic carbocycles. The third-order valence-corrected chi connectivity index (χ3v) is 6.14. The summed E-state index contributed by atoms with van der Waals surface area (Å²) in [6, 6.07) is 4.45. The highest BCUT2D eigenvalue weighted by Gasteiger charge is 2.30. The average Bonchev–Trinajstić information content (AvgIpc) is 2.73. The first-order valence-corrected chi connectivity index (χ1v) is 9.87. The summed E-state index contributed by atoms with van der Waals surface area (Å²) >= 11 is 0. The number of anilines is 1. The monoisotopic (exact) mass is 372 g/mol. The van der Waals surface area contributed by atoms with Gasteiger partial charge in [-0.3, -0.25) is 9.88 Å². The highest BCUT2D eigenvalue weighted by Crippen LogP contribution is 2.33. The molecule has 1 aromatic heterocycles. The van der Waals surface area contributed by atoms with Gasteiger partial charge < -0.3 is 4.90 Å². The fourth-order valence-electron chi connectivity index (χ4n) is 4.55. The Morgan fingerprint density at radius 3 is 2.30 bits per heavy atom. The lowest BCUT2D eigenvalue weighted by Crippen LogP contribution is -2.41. The van der Waals surface area contributed by atoms with Crippen LogP contribution in [0, 0.1) is 23.5 Å². The molecule has 4 nitrogen and oxygen atoms in total. The second-order valence-corrected chi connectivity index (χ2v) is 7.71. The lowest BCUT2D eigenvalue weighted by atomic mass is 9.78. The molecule has 0 bridgehead atoms. The van der Waals surface area contributed by atoms with Gasteiger partial charge in [0.1, 0.15) is 5.82 Å². The first kappa shape index (κ1) is 18.3. The number of likely N-dealkylation sites (tertiary alicyclic amines) is 1. The molecule has 0 N–H and O–H groups in total. The van der Waals surface area contributed by atoms with Gasteiger partial charge in [0.2, 0.25) is 0 Å². The molecule has 2 aliphatic heterocycles. The molecule has 0 atom stereocenters. The highest BCUT2D eigenvalue weighted by molar-refractivity contribution is 5.35. The van der Waals surface area contributed by atoms with E-state index in [4.69, 9.17) is 0 Å². The second-order valence-electron chi connectivity index (χ2n) is 7.71. The molecule has 4 rings (SSSR count). The van der Waals surface area contributed by atoms with Crippen molar-refractivity contribution in [1.82, 2.24) is 14.9 Å². The molecular formula is C21H26F2N4. The van der Waals surface area contributed by atoms with Gasteiger partial charge >= 0.3 is 0 Å². The first-order chi connectivity index (χ1) is 13.2. The zero-order valence-corrected chi connectivity index (χ0v) is 15.5. The zero-order chi connectivity index (χ0) is 18.6. The second kappa shape index (κ2) is 8.30. The van der Waals surface area contributed by atoms with Crippen molar-refractivity contribution < 1.29 is 8.78 Å². The summed E-state index contributed by atoms with van der Waals surface area (Å²) in [6.07, 6.45) is 9.97. The molecule has 3 heterocycles. The summed E-state index contributed by atoms with van der Waals surface area (Å²) in [5.41, 5.74) is 0.464. The van der Waals surface area contributed by atoms with Crippen LogP contribution in [0.3, 0.4) is 0 Å². The SMILES string of the molecule is Fc1cccc(CN2CCC(C3CCN(c4cnccn4)CC3)CC2)c1F. The quantitative estimate of drug-likeness (QED) is 0.815. The molecule has 6 heteroatoms. The van der Waals surface area contributed by atoms with Crippen molar-refractivity contribution in [3.63, 3.8) is 0 Å². The Bertz CT molecular complexity index is 739. The number of halogens is 2. The van der Waals surface area contributed by atoms with Gasteiger partial charge in [-0.15, -0.1) is 0 Å². The summed E-state index contributed by atoms with van der Waals surface area (Å²) in [4.78, 5) is 13.1. The molecule has 2 saturated heterocycles. The topological polar surface area (TPSA) is 32.3 Å². The smallest absolute Gasteiger partial charge is 0.163 e. The maximum atomic E-state index is 13.9. The number of benzene rings is 1. The van der Waals surface area contributed by atoms with E-state index in [-0.39, 0.29) is 0 Å². The molecule has 2 aromatic rings. The highest BCUT2D eigenvalue weighted by atomic mass is 19.2. The van der Waals surface area contributed by atoms with Crippen LogP contribution < -0.4 is 4.90 Å². The van der Waals surface area contributed by atoms with Gasteiger partial charge in [0.15, 0.2) is 11.6 Å². The van der Waals surface area contributed by atoms with Crippen LogP contribution in [0.15, 0.2) is 36.8 Å². The lowest BCUT2D eigenvalue weighted by Gasteiger charge is -2.40. The van der Waals surface area contributed by atoms with Gasteiger partial charge in [0, 0.05) is 37.6 Å². The molecule has 0 radical (unpaired) electrons. The minimum atomic E-state index is -0.753. The van der Waals surface area contributed by atoms with Crippen LogP contribution in [0.5, 0.6) is 0 Å². The van der Waals surface area contributed by atoms with E-state index in [0.29, 0.717) is 12.1 Å². The number of aromatic nitrogens is 2. The normalized spacial score (nSPS) is 20.1. The van der Waals surface area contributed by atoms with Crippen molar-refractivity contribution in [2.45, 2.75) is 32.2 Å². The van der Waals surface area contributed by atoms with Gasteiger partial charge in [0.25, 0.3) is 0 Å². The average molecular weight is 372 g/mol. The fraction of sp³-hybridized carbons (Fsp3) is 0.524. The first-order valence-electron chi connectivity index (χ1n) is 9.87. The minimum absolute atomic E-state index is 0.464. The summed E-state index contributed by atoms with van der Waals surface area (Å²) < 4.78 is 27.3. The molecule has 0 aliphatic carbocycles. The maximum absolute atomic E-state index is 13.9. The Labute approximate surface area is 159 Å². The van der Waals surface area contributed by atoms with E-state index in [0.717, 1.165) is 56.7 Å². The van der Waals surface area contributed by atoms with E-state index >= 15 is 0 Å². The Kier molecular flexibility index (Phi) is 5.62. The molecule has 0 amide bonds. The number of rotatable bonds is 4. The van der Waals surface area contributed by atoms with Gasteiger partial charge in [0.05, 0.1) is 6.20 Å². The van der Waals surface area contributed by atoms with Crippen molar-refractivity contribution in [2.75, 3.05) is 31.1 Å². The Morgan fingerprint density at radius 2 is 1.63 bits per heavy atom. The van der Waals surface area contributed by atoms with Gasteiger partial charge in [-0.2, -0.15) is 0 Å². The van der Waals surface area contributed by atoms with Crippen molar-refractivity contribution in [1.29, 1.82) is 0 Å². The Balaban J connectivity index is 1.26. The van der Waals surface area contributed by atoms with Crippen molar-refractivity contribution in [3.8, 4) is 0 Å². The van der Waals surface area contributed by atoms with E-state index < -0.39 is 11.6 Å². The molecule has 0 saturated carbocycles. The fourth-order valence-corrected chi connectivity index (χ4v) is 4.55. The standard InChI is InChI=1S/C21H26F2N4/c22-19-3-1-2-18(21(19)23)15-26-10-4-16(5-11-26)17-6-12-27(13-7-17)20-14-24-8-9-25-20/h1-3,8-9,14,16-17H,4-7,10-13,15H2. The molecule has 27 heavy (non-hydrogen) atoms. The summed E-state index contributed by atoms with van der Waals surface area (Å²) in [5, 5.41) is 0. The lowest BCUT2D eigenvalue weighted by molar-refractivity contribution is 0.128. The number of nitrogens with zero attached hydrogens (tertiary/aromatic N) is 4. The van der Waals surface area contributed by atoms with E-state index in [1.165, 1.54) is 18.9 Å². The molecule has 144 valence electrons. The van der Waals surface area contributed by atoms with Crippen LogP contribution in [-0.4, -0.2) is 41.0 Å². The Hall–Kier alpha value is -2.08. The molecule has 2 aliphatic rings. The summed E-state index contributed by atoms with van der Waals surface area (Å²) in [5.74, 6) is 1.02. The predicted octanol–water partition coefficient (Wildman–Crippen LogP) is 3.88. The maximum Gasteiger partial charge on any atom is 0.163 e.